The van der Waals surface area contributed by atoms with E-state index in [2.05, 4.69) is 23.6 Å². The van der Waals surface area contributed by atoms with Crippen LogP contribution in [0.15, 0.2) is 18.2 Å². The van der Waals surface area contributed by atoms with Crippen molar-refractivity contribution in [2.75, 3.05) is 17.2 Å². The molecule has 1 aromatic carbocycles. The number of carbonyl (C=O) groups excluding carboxylic acids is 1. The van der Waals surface area contributed by atoms with Gasteiger partial charge in [0.25, 0.3) is 0 Å². The van der Waals surface area contributed by atoms with E-state index in [-0.39, 0.29) is 5.91 Å². The second-order valence-electron chi connectivity index (χ2n) is 3.85. The molecule has 0 radical (unpaired) electrons. The molecule has 0 saturated carbocycles. The summed E-state index contributed by atoms with van der Waals surface area (Å²) in [6, 6.07) is 6.12. The molecule has 1 aromatic rings. The van der Waals surface area contributed by atoms with Gasteiger partial charge < -0.3 is 10.6 Å². The third kappa shape index (κ3) is 2.29. The first-order valence-corrected chi connectivity index (χ1v) is 5.46. The number of fused-ring (bicyclic) bond motifs is 1. The Morgan fingerprint density at radius 3 is 3.07 bits per heavy atom. The molecule has 1 amide bonds. The Labute approximate surface area is 89.9 Å². The highest BCUT2D eigenvalue weighted by atomic mass is 16.1. The largest absolute Gasteiger partial charge is 0.385 e. The van der Waals surface area contributed by atoms with Crippen molar-refractivity contribution in [2.24, 2.45) is 0 Å². The van der Waals surface area contributed by atoms with Crippen molar-refractivity contribution in [1.82, 2.24) is 0 Å². The molecule has 1 aliphatic heterocycles. The summed E-state index contributed by atoms with van der Waals surface area (Å²) in [7, 11) is 0. The Morgan fingerprint density at radius 2 is 2.27 bits per heavy atom. The minimum atomic E-state index is 0.122. The maximum Gasteiger partial charge on any atom is 0.224 e. The van der Waals surface area contributed by atoms with Crippen molar-refractivity contribution in [3.63, 3.8) is 0 Å². The van der Waals surface area contributed by atoms with Crippen molar-refractivity contribution in [3.8, 4) is 0 Å². The average Bonchev–Trinajstić information content (AvgIpc) is 2.26. The molecule has 0 aromatic heterocycles. The molecule has 0 bridgehead atoms. The normalized spacial score (nSPS) is 14.3. The number of nitrogens with one attached hydrogen (secondary N) is 2. The second kappa shape index (κ2) is 4.34. The summed E-state index contributed by atoms with van der Waals surface area (Å²) in [6.45, 7) is 3.14. The number of benzene rings is 1. The van der Waals surface area contributed by atoms with Crippen LogP contribution in [0.1, 0.15) is 25.3 Å². The summed E-state index contributed by atoms with van der Waals surface area (Å²) in [5.41, 5.74) is 3.34. The van der Waals surface area contributed by atoms with Gasteiger partial charge in [0.15, 0.2) is 0 Å². The molecule has 15 heavy (non-hydrogen) atoms. The number of amides is 1. The zero-order chi connectivity index (χ0) is 10.7. The highest BCUT2D eigenvalue weighted by Crippen LogP contribution is 2.25. The number of carbonyl (C=O) groups is 1. The molecule has 0 aliphatic carbocycles. The molecule has 0 saturated heterocycles. The van der Waals surface area contributed by atoms with Crippen molar-refractivity contribution in [3.05, 3.63) is 23.8 Å². The van der Waals surface area contributed by atoms with Crippen LogP contribution >= 0.6 is 0 Å². The summed E-state index contributed by atoms with van der Waals surface area (Å²) in [4.78, 5) is 11.2. The molecule has 0 spiro atoms. The van der Waals surface area contributed by atoms with Gasteiger partial charge in [-0.05, 0) is 36.6 Å². The van der Waals surface area contributed by atoms with E-state index in [1.54, 1.807) is 0 Å². The lowest BCUT2D eigenvalue weighted by Gasteiger charge is -2.17. The van der Waals surface area contributed by atoms with Gasteiger partial charge in [0.1, 0.15) is 0 Å². The number of hydrogen-bond donors (Lipinski definition) is 2. The van der Waals surface area contributed by atoms with E-state index in [4.69, 9.17) is 0 Å². The number of aryl methyl sites for hydroxylation is 1. The standard InChI is InChI=1S/C12H16N2O/c1-2-7-13-10-4-5-11-9(8-10)3-6-12(15)14-11/h4-5,8,13H,2-3,6-7H2,1H3,(H,14,15). The van der Waals surface area contributed by atoms with E-state index in [1.165, 1.54) is 5.56 Å². The first kappa shape index (κ1) is 10.0. The van der Waals surface area contributed by atoms with E-state index in [1.807, 2.05) is 12.1 Å². The van der Waals surface area contributed by atoms with Crippen LogP contribution in [0.5, 0.6) is 0 Å². The molecule has 80 valence electrons. The Hall–Kier alpha value is -1.51. The van der Waals surface area contributed by atoms with Gasteiger partial charge >= 0.3 is 0 Å². The molecule has 3 nitrogen and oxygen atoms in total. The molecule has 0 unspecified atom stereocenters. The fraction of sp³-hybridized carbons (Fsp3) is 0.417. The topological polar surface area (TPSA) is 41.1 Å². The van der Waals surface area contributed by atoms with E-state index in [0.717, 1.165) is 30.8 Å². The SMILES string of the molecule is CCCNc1ccc2c(c1)CCC(=O)N2. The number of rotatable bonds is 3. The average molecular weight is 204 g/mol. The fourth-order valence-electron chi connectivity index (χ4n) is 1.76. The zero-order valence-electron chi connectivity index (χ0n) is 8.97. The first-order valence-electron chi connectivity index (χ1n) is 5.46. The molecule has 0 fully saturated rings. The van der Waals surface area contributed by atoms with Gasteiger partial charge in [-0.15, -0.1) is 0 Å². The molecule has 3 heteroatoms. The molecule has 1 aliphatic rings. The van der Waals surface area contributed by atoms with Gasteiger partial charge in [-0.1, -0.05) is 6.92 Å². The van der Waals surface area contributed by atoms with Gasteiger partial charge in [-0.2, -0.15) is 0 Å². The minimum Gasteiger partial charge on any atom is -0.385 e. The van der Waals surface area contributed by atoms with E-state index in [0.29, 0.717) is 6.42 Å². The van der Waals surface area contributed by atoms with Crippen LogP contribution in [0.4, 0.5) is 11.4 Å². The van der Waals surface area contributed by atoms with Crippen molar-refractivity contribution < 1.29 is 4.79 Å². The van der Waals surface area contributed by atoms with Gasteiger partial charge in [-0.3, -0.25) is 4.79 Å². The van der Waals surface area contributed by atoms with Gasteiger partial charge in [0.05, 0.1) is 0 Å². The Kier molecular flexibility index (Phi) is 2.90. The van der Waals surface area contributed by atoms with Crippen LogP contribution in [0.25, 0.3) is 0 Å². The Morgan fingerprint density at radius 1 is 1.40 bits per heavy atom. The van der Waals surface area contributed by atoms with Crippen molar-refractivity contribution in [2.45, 2.75) is 26.2 Å². The maximum absolute atomic E-state index is 11.2. The second-order valence-corrected chi connectivity index (χ2v) is 3.85. The maximum atomic E-state index is 11.2. The molecule has 0 atom stereocenters. The highest BCUT2D eigenvalue weighted by molar-refractivity contribution is 5.94. The van der Waals surface area contributed by atoms with Crippen LogP contribution in [0, 0.1) is 0 Å². The zero-order valence-corrected chi connectivity index (χ0v) is 8.97. The number of hydrogen-bond acceptors (Lipinski definition) is 2. The third-order valence-corrected chi connectivity index (χ3v) is 2.58. The molecule has 1 heterocycles. The van der Waals surface area contributed by atoms with Gasteiger partial charge in [0.2, 0.25) is 5.91 Å². The molecular formula is C12H16N2O. The van der Waals surface area contributed by atoms with Crippen LogP contribution in [0.3, 0.4) is 0 Å². The summed E-state index contributed by atoms with van der Waals surface area (Å²) in [5.74, 6) is 0.122. The fourth-order valence-corrected chi connectivity index (χ4v) is 1.76. The smallest absolute Gasteiger partial charge is 0.224 e. The van der Waals surface area contributed by atoms with Crippen LogP contribution < -0.4 is 10.6 Å². The van der Waals surface area contributed by atoms with Crippen LogP contribution in [-0.4, -0.2) is 12.5 Å². The predicted octanol–water partition coefficient (Wildman–Crippen LogP) is 2.39. The summed E-state index contributed by atoms with van der Waals surface area (Å²) < 4.78 is 0. The monoisotopic (exact) mass is 204 g/mol. The van der Waals surface area contributed by atoms with Crippen LogP contribution in [-0.2, 0) is 11.2 Å². The quantitative estimate of drug-likeness (QED) is 0.793. The Bertz CT molecular complexity index is 374. The summed E-state index contributed by atoms with van der Waals surface area (Å²) >= 11 is 0. The van der Waals surface area contributed by atoms with E-state index < -0.39 is 0 Å². The van der Waals surface area contributed by atoms with Gasteiger partial charge in [0, 0.05) is 24.3 Å². The summed E-state index contributed by atoms with van der Waals surface area (Å²) in [5, 5.41) is 6.22. The van der Waals surface area contributed by atoms with E-state index in [9.17, 15) is 4.79 Å². The first-order chi connectivity index (χ1) is 7.29. The third-order valence-electron chi connectivity index (χ3n) is 2.58. The molecule has 2 rings (SSSR count). The highest BCUT2D eigenvalue weighted by Gasteiger charge is 2.14. The van der Waals surface area contributed by atoms with Gasteiger partial charge in [-0.25, -0.2) is 0 Å². The number of anilines is 2. The van der Waals surface area contributed by atoms with Crippen molar-refractivity contribution >= 4 is 17.3 Å². The minimum absolute atomic E-state index is 0.122. The van der Waals surface area contributed by atoms with Crippen molar-refractivity contribution in [1.29, 1.82) is 0 Å². The molecular weight excluding hydrogens is 188 g/mol. The predicted molar refractivity (Wildman–Crippen MR) is 62.2 cm³/mol. The van der Waals surface area contributed by atoms with E-state index >= 15 is 0 Å². The molecule has 2 N–H and O–H groups in total. The lowest BCUT2D eigenvalue weighted by molar-refractivity contribution is -0.116. The summed E-state index contributed by atoms with van der Waals surface area (Å²) in [6.07, 6.45) is 2.57. The Balaban J connectivity index is 2.15. The lowest BCUT2D eigenvalue weighted by atomic mass is 10.0. The van der Waals surface area contributed by atoms with Crippen LogP contribution in [0.2, 0.25) is 0 Å². The lowest BCUT2D eigenvalue weighted by Crippen LogP contribution is -2.19.